The number of nitrogens with one attached hydrogen (secondary N) is 2. The number of carbonyl (C=O) groups is 1. The molecule has 0 saturated carbocycles. The monoisotopic (exact) mass is 482 g/mol. The van der Waals surface area contributed by atoms with Crippen molar-refractivity contribution in [2.45, 2.75) is 6.04 Å². The van der Waals surface area contributed by atoms with Gasteiger partial charge in [0.25, 0.3) is 11.9 Å². The zero-order chi connectivity index (χ0) is 24.9. The van der Waals surface area contributed by atoms with Gasteiger partial charge in [-0.2, -0.15) is 0 Å². The molecule has 0 aliphatic carbocycles. The number of hydrogen-bond donors (Lipinski definition) is 3. The Bertz CT molecular complexity index is 1330. The number of benzene rings is 2. The Balaban J connectivity index is 1.43. The third kappa shape index (κ3) is 4.96. The number of pyridine rings is 1. The maximum atomic E-state index is 13.0. The largest absolute Gasteiger partial charge is 0.407 e. The summed E-state index contributed by atoms with van der Waals surface area (Å²) in [7, 11) is 0. The lowest BCUT2D eigenvalue weighted by Gasteiger charge is -2.29. The fourth-order valence-corrected chi connectivity index (χ4v) is 4.25. The molecule has 5 rings (SSSR count). The summed E-state index contributed by atoms with van der Waals surface area (Å²) in [5.74, 6) is 0.0739. The number of ether oxygens (including phenoxy) is 2. The predicted octanol–water partition coefficient (Wildman–Crippen LogP) is 3.03. The summed E-state index contributed by atoms with van der Waals surface area (Å²) in [5.41, 5.74) is 9.94. The number of morpholine rings is 1. The van der Waals surface area contributed by atoms with E-state index in [1.165, 1.54) is 0 Å². The Morgan fingerprint density at radius 2 is 1.83 bits per heavy atom. The number of hydrogen-bond acceptors (Lipinski definition) is 7. The highest BCUT2D eigenvalue weighted by Crippen LogP contribution is 2.32. The number of carbonyl (C=O) groups excluding carboxylic acids is 1. The van der Waals surface area contributed by atoms with Gasteiger partial charge in [-0.05, 0) is 35.4 Å². The Morgan fingerprint density at radius 3 is 2.64 bits per heavy atom. The molecule has 1 atom stereocenters. The number of para-hydroxylation sites is 1. The molecule has 1 fully saturated rings. The summed E-state index contributed by atoms with van der Waals surface area (Å²) in [4.78, 5) is 23.9. The van der Waals surface area contributed by atoms with Crippen molar-refractivity contribution in [3.05, 3.63) is 95.7 Å². The number of anilines is 2. The van der Waals surface area contributed by atoms with Crippen LogP contribution >= 0.6 is 0 Å². The zero-order valence-electron chi connectivity index (χ0n) is 19.6. The number of rotatable bonds is 4. The summed E-state index contributed by atoms with van der Waals surface area (Å²) in [6.07, 6.45) is 3.43. The highest BCUT2D eigenvalue weighted by atomic mass is 16.5. The molecule has 0 radical (unpaired) electrons. The van der Waals surface area contributed by atoms with Gasteiger partial charge in [-0.25, -0.2) is 9.98 Å². The molecule has 2 aliphatic rings. The smallest absolute Gasteiger partial charge is 0.289 e. The first-order chi connectivity index (χ1) is 17.6. The minimum absolute atomic E-state index is 0.199. The van der Waals surface area contributed by atoms with Gasteiger partial charge in [-0.15, -0.1) is 0 Å². The van der Waals surface area contributed by atoms with E-state index in [1.807, 2.05) is 59.5 Å². The molecule has 4 N–H and O–H groups in total. The molecule has 182 valence electrons. The van der Waals surface area contributed by atoms with E-state index in [4.69, 9.17) is 20.6 Å². The molecule has 2 aromatic carbocycles. The second kappa shape index (κ2) is 10.4. The molecule has 3 aromatic rings. The van der Waals surface area contributed by atoms with Crippen LogP contribution in [0.5, 0.6) is 0 Å². The van der Waals surface area contributed by atoms with Gasteiger partial charge in [0.15, 0.2) is 6.04 Å². The summed E-state index contributed by atoms with van der Waals surface area (Å²) in [6, 6.07) is 19.6. The van der Waals surface area contributed by atoms with Crippen molar-refractivity contribution >= 4 is 34.9 Å². The maximum Gasteiger partial charge on any atom is 0.289 e. The number of amides is 1. The highest BCUT2D eigenvalue weighted by Gasteiger charge is 2.25. The van der Waals surface area contributed by atoms with Crippen molar-refractivity contribution in [1.29, 1.82) is 5.41 Å². The van der Waals surface area contributed by atoms with Gasteiger partial charge in [-0.1, -0.05) is 48.5 Å². The highest BCUT2D eigenvalue weighted by molar-refractivity contribution is 6.06. The van der Waals surface area contributed by atoms with E-state index in [9.17, 15) is 4.79 Å². The topological polar surface area (TPSA) is 126 Å². The standard InChI is InChI=1S/C27H26N6O3/c28-24(20-10-6-12-30-25(20)33-13-15-35-16-14-33)36-27(29)32-23-17-21(18-7-2-1-3-8-18)19-9-4-5-11-22(19)31-26(23)34/h1-12,17,23,28H,13-16H2,(H2,29,32)(H,31,34). The van der Waals surface area contributed by atoms with Crippen LogP contribution in [-0.4, -0.2) is 55.2 Å². The molecule has 2 aliphatic heterocycles. The molecule has 9 heteroatoms. The van der Waals surface area contributed by atoms with Gasteiger partial charge in [-0.3, -0.25) is 10.2 Å². The first kappa shape index (κ1) is 23.3. The molecule has 9 nitrogen and oxygen atoms in total. The lowest BCUT2D eigenvalue weighted by molar-refractivity contribution is -0.116. The second-order valence-electron chi connectivity index (χ2n) is 8.30. The van der Waals surface area contributed by atoms with E-state index in [-0.39, 0.29) is 17.8 Å². The van der Waals surface area contributed by atoms with Gasteiger partial charge in [0, 0.05) is 30.5 Å². The van der Waals surface area contributed by atoms with Crippen molar-refractivity contribution in [3.63, 3.8) is 0 Å². The quantitative estimate of drug-likeness (QED) is 0.388. The van der Waals surface area contributed by atoms with E-state index < -0.39 is 6.04 Å². The first-order valence-corrected chi connectivity index (χ1v) is 11.7. The Labute approximate surface area is 208 Å². The van der Waals surface area contributed by atoms with Crippen LogP contribution in [-0.2, 0) is 14.3 Å². The molecule has 36 heavy (non-hydrogen) atoms. The minimum Gasteiger partial charge on any atom is -0.407 e. The third-order valence-electron chi connectivity index (χ3n) is 5.97. The van der Waals surface area contributed by atoms with Gasteiger partial charge in [0.1, 0.15) is 5.82 Å². The number of nitrogens with zero attached hydrogens (tertiary/aromatic N) is 3. The second-order valence-corrected chi connectivity index (χ2v) is 8.30. The fraction of sp³-hybridized carbons (Fsp3) is 0.185. The molecule has 1 saturated heterocycles. The van der Waals surface area contributed by atoms with Gasteiger partial charge in [0.2, 0.25) is 5.90 Å². The van der Waals surface area contributed by atoms with E-state index in [1.54, 1.807) is 24.4 Å². The van der Waals surface area contributed by atoms with Crippen LogP contribution in [0, 0.1) is 5.41 Å². The van der Waals surface area contributed by atoms with Crippen LogP contribution in [0.3, 0.4) is 0 Å². The number of nitrogens with two attached hydrogens (primary N) is 1. The van der Waals surface area contributed by atoms with E-state index in [0.29, 0.717) is 43.4 Å². The van der Waals surface area contributed by atoms with Crippen LogP contribution in [0.2, 0.25) is 0 Å². The van der Waals surface area contributed by atoms with Crippen LogP contribution in [0.4, 0.5) is 11.5 Å². The molecule has 1 amide bonds. The van der Waals surface area contributed by atoms with Crippen molar-refractivity contribution in [1.82, 2.24) is 4.98 Å². The Morgan fingerprint density at radius 1 is 1.08 bits per heavy atom. The average Bonchev–Trinajstić information content (AvgIpc) is 3.05. The fourth-order valence-electron chi connectivity index (χ4n) is 4.25. The van der Waals surface area contributed by atoms with Gasteiger partial charge in [0.05, 0.1) is 18.8 Å². The number of aromatic nitrogens is 1. The molecule has 1 aromatic heterocycles. The number of amidine groups is 1. The van der Waals surface area contributed by atoms with Gasteiger partial charge >= 0.3 is 0 Å². The molecular weight excluding hydrogens is 456 g/mol. The van der Waals surface area contributed by atoms with E-state index in [2.05, 4.69) is 15.3 Å². The summed E-state index contributed by atoms with van der Waals surface area (Å²) in [5, 5.41) is 11.4. The lowest BCUT2D eigenvalue weighted by Crippen LogP contribution is -2.38. The zero-order valence-corrected chi connectivity index (χ0v) is 19.6. The van der Waals surface area contributed by atoms with Crippen molar-refractivity contribution in [2.24, 2.45) is 10.7 Å². The van der Waals surface area contributed by atoms with Crippen LogP contribution < -0.4 is 16.0 Å². The normalized spacial score (nSPS) is 17.9. The van der Waals surface area contributed by atoms with Gasteiger partial charge < -0.3 is 25.4 Å². The molecule has 1 unspecified atom stereocenters. The summed E-state index contributed by atoms with van der Waals surface area (Å²) < 4.78 is 11.0. The Hall–Kier alpha value is -4.50. The molecule has 0 spiro atoms. The van der Waals surface area contributed by atoms with Crippen molar-refractivity contribution in [2.75, 3.05) is 36.5 Å². The van der Waals surface area contributed by atoms with E-state index in [0.717, 1.165) is 16.7 Å². The predicted molar refractivity (Wildman–Crippen MR) is 139 cm³/mol. The van der Waals surface area contributed by atoms with Crippen molar-refractivity contribution < 1.29 is 14.3 Å². The SMILES string of the molecule is N=C(OC(N)=NC1C=C(c2ccccc2)c2ccccc2NC1=O)c1cccnc1N1CCOCC1. The number of fused-ring (bicyclic) bond motifs is 1. The van der Waals surface area contributed by atoms with Crippen molar-refractivity contribution in [3.8, 4) is 0 Å². The molecule has 3 heterocycles. The third-order valence-corrected chi connectivity index (χ3v) is 5.97. The molecule has 0 bridgehead atoms. The Kier molecular flexibility index (Phi) is 6.72. The molecular formula is C27H26N6O3. The van der Waals surface area contributed by atoms with Crippen LogP contribution in [0.15, 0.2) is 84.0 Å². The van der Waals surface area contributed by atoms with Crippen LogP contribution in [0.1, 0.15) is 16.7 Å². The van der Waals surface area contributed by atoms with E-state index >= 15 is 0 Å². The van der Waals surface area contributed by atoms with Crippen LogP contribution in [0.25, 0.3) is 5.57 Å². The number of aliphatic imine (C=N–C) groups is 1. The average molecular weight is 483 g/mol. The first-order valence-electron chi connectivity index (χ1n) is 11.7. The summed E-state index contributed by atoms with van der Waals surface area (Å²) >= 11 is 0. The maximum absolute atomic E-state index is 13.0. The summed E-state index contributed by atoms with van der Waals surface area (Å²) in [6.45, 7) is 2.50. The lowest BCUT2D eigenvalue weighted by atomic mass is 9.96. The minimum atomic E-state index is -0.951.